The molecule has 2 saturated carbocycles. The zero-order valence-corrected chi connectivity index (χ0v) is 17.4. The van der Waals surface area contributed by atoms with Crippen LogP contribution in [0.15, 0.2) is 30.9 Å². The summed E-state index contributed by atoms with van der Waals surface area (Å²) in [6.07, 6.45) is 9.85. The zero-order valence-electron chi connectivity index (χ0n) is 17.4. The molecule has 8 nitrogen and oxygen atoms in total. The lowest BCUT2D eigenvalue weighted by atomic mass is 9.81. The number of fused-ring (bicyclic) bond motifs is 1. The number of nitrogens with one attached hydrogen (secondary N) is 2. The van der Waals surface area contributed by atoms with E-state index in [1.165, 1.54) is 25.7 Å². The summed E-state index contributed by atoms with van der Waals surface area (Å²) in [6.45, 7) is 2.57. The first-order chi connectivity index (χ1) is 14.8. The van der Waals surface area contributed by atoms with Crippen molar-refractivity contribution in [2.45, 2.75) is 38.6 Å². The second kappa shape index (κ2) is 8.45. The van der Waals surface area contributed by atoms with Crippen molar-refractivity contribution in [3.63, 3.8) is 0 Å². The lowest BCUT2D eigenvalue weighted by molar-refractivity contribution is 0.267. The van der Waals surface area contributed by atoms with E-state index in [9.17, 15) is 0 Å². The van der Waals surface area contributed by atoms with E-state index in [1.807, 2.05) is 22.9 Å². The maximum Gasteiger partial charge on any atom is 0.225 e. The van der Waals surface area contributed by atoms with Gasteiger partial charge in [0, 0.05) is 31.1 Å². The molecule has 0 bridgehead atoms. The number of benzene rings is 1. The Labute approximate surface area is 176 Å². The van der Waals surface area contributed by atoms with E-state index in [2.05, 4.69) is 20.7 Å². The molecule has 2 heterocycles. The number of anilines is 2. The highest BCUT2D eigenvalue weighted by atomic mass is 16.5. The van der Waals surface area contributed by atoms with Crippen LogP contribution in [0.1, 0.15) is 32.1 Å². The van der Waals surface area contributed by atoms with Crippen molar-refractivity contribution in [2.24, 2.45) is 17.8 Å². The Morgan fingerprint density at radius 2 is 2.13 bits per heavy atom. The van der Waals surface area contributed by atoms with Gasteiger partial charge in [-0.25, -0.2) is 9.97 Å². The van der Waals surface area contributed by atoms with Gasteiger partial charge in [0.05, 0.1) is 12.6 Å². The molecule has 1 aromatic carbocycles. The Bertz CT molecular complexity index is 987. The molecular weight excluding hydrogens is 378 g/mol. The van der Waals surface area contributed by atoms with Crippen molar-refractivity contribution in [3.05, 3.63) is 30.9 Å². The molecule has 2 N–H and O–H groups in total. The van der Waals surface area contributed by atoms with Gasteiger partial charge in [-0.3, -0.25) is 4.68 Å². The standard InChI is InChI=1S/C22H29N7O/c1-30-17-6-7-18-20(11-17)27-22(24-8-3-9-29-14-23-13-26-29)28-21(18)25-12-16-10-19(16)15-4-2-5-15/h6-7,11,13-16,19H,2-5,8-10,12H2,1H3,(H2,24,25,27,28)/t16-,19-/m0/s1. The van der Waals surface area contributed by atoms with Crippen molar-refractivity contribution in [3.8, 4) is 5.75 Å². The topological polar surface area (TPSA) is 89.8 Å². The Kier molecular flexibility index (Phi) is 5.38. The predicted octanol–water partition coefficient (Wildman–Crippen LogP) is 3.58. The minimum atomic E-state index is 0.642. The zero-order chi connectivity index (χ0) is 20.3. The van der Waals surface area contributed by atoms with Crippen LogP contribution in [-0.4, -0.2) is 44.9 Å². The predicted molar refractivity (Wildman–Crippen MR) is 117 cm³/mol. The molecule has 30 heavy (non-hydrogen) atoms. The summed E-state index contributed by atoms with van der Waals surface area (Å²) in [6, 6.07) is 5.98. The molecule has 0 aliphatic heterocycles. The van der Waals surface area contributed by atoms with Crippen molar-refractivity contribution >= 4 is 22.7 Å². The quantitative estimate of drug-likeness (QED) is 0.497. The summed E-state index contributed by atoms with van der Waals surface area (Å²) in [7, 11) is 1.68. The van der Waals surface area contributed by atoms with Gasteiger partial charge in [-0.15, -0.1) is 0 Å². The van der Waals surface area contributed by atoms with E-state index in [-0.39, 0.29) is 0 Å². The molecule has 2 fully saturated rings. The number of hydrogen-bond acceptors (Lipinski definition) is 7. The Hall–Kier alpha value is -2.90. The van der Waals surface area contributed by atoms with E-state index < -0.39 is 0 Å². The first-order valence-electron chi connectivity index (χ1n) is 11.0. The van der Waals surface area contributed by atoms with Crippen LogP contribution < -0.4 is 15.4 Å². The monoisotopic (exact) mass is 407 g/mol. The fourth-order valence-electron chi connectivity index (χ4n) is 4.42. The SMILES string of the molecule is COc1ccc2c(NC[C@@H]3C[C@H]3C3CCC3)nc(NCCCn3cncn3)nc2c1. The normalized spacial score (nSPS) is 20.7. The molecule has 0 amide bonds. The lowest BCUT2D eigenvalue weighted by Gasteiger charge is -2.25. The van der Waals surface area contributed by atoms with Crippen LogP contribution in [-0.2, 0) is 6.54 Å². The number of nitrogens with zero attached hydrogens (tertiary/aromatic N) is 5. The molecule has 0 spiro atoms. The Morgan fingerprint density at radius 3 is 2.90 bits per heavy atom. The summed E-state index contributed by atoms with van der Waals surface area (Å²) in [5, 5.41) is 12.1. The van der Waals surface area contributed by atoms with Gasteiger partial charge < -0.3 is 15.4 Å². The first-order valence-corrected chi connectivity index (χ1v) is 11.0. The van der Waals surface area contributed by atoms with Crippen LogP contribution in [0.2, 0.25) is 0 Å². The van der Waals surface area contributed by atoms with E-state index in [1.54, 1.807) is 19.8 Å². The summed E-state index contributed by atoms with van der Waals surface area (Å²) in [5.41, 5.74) is 0.886. The number of aromatic nitrogens is 5. The second-order valence-corrected chi connectivity index (χ2v) is 8.45. The van der Waals surface area contributed by atoms with Gasteiger partial charge in [-0.05, 0) is 42.7 Å². The molecule has 2 atom stereocenters. The summed E-state index contributed by atoms with van der Waals surface area (Å²) in [5.74, 6) is 5.04. The molecule has 3 aromatic rings. The molecule has 158 valence electrons. The number of ether oxygens (including phenoxy) is 1. The Balaban J connectivity index is 1.26. The molecule has 0 radical (unpaired) electrons. The fraction of sp³-hybridized carbons (Fsp3) is 0.545. The maximum absolute atomic E-state index is 5.39. The first kappa shape index (κ1) is 19.1. The van der Waals surface area contributed by atoms with Crippen LogP contribution >= 0.6 is 0 Å². The maximum atomic E-state index is 5.39. The third-order valence-electron chi connectivity index (χ3n) is 6.48. The highest BCUT2D eigenvalue weighted by Gasteiger charge is 2.44. The number of aryl methyl sites for hydroxylation is 1. The fourth-order valence-corrected chi connectivity index (χ4v) is 4.42. The van der Waals surface area contributed by atoms with Gasteiger partial charge in [0.1, 0.15) is 24.2 Å². The Morgan fingerprint density at radius 1 is 1.20 bits per heavy atom. The second-order valence-electron chi connectivity index (χ2n) is 8.45. The van der Waals surface area contributed by atoms with Crippen LogP contribution in [0.25, 0.3) is 10.9 Å². The van der Waals surface area contributed by atoms with Crippen molar-refractivity contribution in [1.82, 2.24) is 24.7 Å². The molecule has 2 aliphatic carbocycles. The van der Waals surface area contributed by atoms with Gasteiger partial charge in [0.2, 0.25) is 5.95 Å². The van der Waals surface area contributed by atoms with Gasteiger partial charge >= 0.3 is 0 Å². The van der Waals surface area contributed by atoms with E-state index in [4.69, 9.17) is 14.7 Å². The lowest BCUT2D eigenvalue weighted by Crippen LogP contribution is -2.16. The largest absolute Gasteiger partial charge is 0.497 e. The molecule has 0 saturated heterocycles. The molecule has 2 aliphatic rings. The minimum absolute atomic E-state index is 0.642. The highest BCUT2D eigenvalue weighted by Crippen LogP contribution is 2.51. The van der Waals surface area contributed by atoms with Gasteiger partial charge in [-0.1, -0.05) is 19.3 Å². The summed E-state index contributed by atoms with van der Waals surface area (Å²) in [4.78, 5) is 13.5. The summed E-state index contributed by atoms with van der Waals surface area (Å²) < 4.78 is 7.22. The van der Waals surface area contributed by atoms with Gasteiger partial charge in [-0.2, -0.15) is 10.1 Å². The van der Waals surface area contributed by atoms with Crippen LogP contribution in [0.5, 0.6) is 5.75 Å². The smallest absolute Gasteiger partial charge is 0.225 e. The summed E-state index contributed by atoms with van der Waals surface area (Å²) >= 11 is 0. The number of rotatable bonds is 10. The third-order valence-corrected chi connectivity index (χ3v) is 6.48. The minimum Gasteiger partial charge on any atom is -0.497 e. The van der Waals surface area contributed by atoms with Crippen LogP contribution in [0.3, 0.4) is 0 Å². The molecule has 8 heteroatoms. The highest BCUT2D eigenvalue weighted by molar-refractivity contribution is 5.91. The van der Waals surface area contributed by atoms with Crippen molar-refractivity contribution in [2.75, 3.05) is 30.8 Å². The van der Waals surface area contributed by atoms with Crippen molar-refractivity contribution < 1.29 is 4.74 Å². The van der Waals surface area contributed by atoms with Gasteiger partial charge in [0.25, 0.3) is 0 Å². The molecular formula is C22H29N7O. The van der Waals surface area contributed by atoms with Crippen molar-refractivity contribution in [1.29, 1.82) is 0 Å². The average Bonchev–Trinajstić information content (AvgIpc) is 3.27. The van der Waals surface area contributed by atoms with Crippen LogP contribution in [0.4, 0.5) is 11.8 Å². The van der Waals surface area contributed by atoms with Crippen LogP contribution in [0, 0.1) is 17.8 Å². The van der Waals surface area contributed by atoms with Gasteiger partial charge in [0.15, 0.2) is 0 Å². The third kappa shape index (κ3) is 4.17. The number of methoxy groups -OCH3 is 1. The van der Waals surface area contributed by atoms with E-state index >= 15 is 0 Å². The number of hydrogen-bond donors (Lipinski definition) is 2. The average molecular weight is 408 g/mol. The van der Waals surface area contributed by atoms with E-state index in [0.29, 0.717) is 5.95 Å². The molecule has 2 aromatic heterocycles. The molecule has 0 unspecified atom stereocenters. The molecule has 5 rings (SSSR count). The van der Waals surface area contributed by atoms with E-state index in [0.717, 1.165) is 66.3 Å².